The van der Waals surface area contributed by atoms with Crippen molar-refractivity contribution >= 4 is 6.08 Å². The molecule has 7 nitrogen and oxygen atoms in total. The van der Waals surface area contributed by atoms with Crippen LogP contribution >= 0.6 is 0 Å². The molecule has 0 spiro atoms. The van der Waals surface area contributed by atoms with Gasteiger partial charge in [-0.1, -0.05) is 37.3 Å². The molecule has 0 aliphatic carbocycles. The minimum absolute atomic E-state index is 0.378. The highest BCUT2D eigenvalue weighted by molar-refractivity contribution is 5.52. The van der Waals surface area contributed by atoms with Crippen LogP contribution in [0.15, 0.2) is 45.7 Å². The lowest BCUT2D eigenvalue weighted by Crippen LogP contribution is -2.54. The highest BCUT2D eigenvalue weighted by Crippen LogP contribution is 2.55. The number of rotatable bonds is 6. The number of ether oxygens (including phenoxy) is 3. The van der Waals surface area contributed by atoms with Crippen molar-refractivity contribution in [2.24, 2.45) is 5.41 Å². The average molecular weight is 418 g/mol. The molecule has 1 aromatic heterocycles. The second kappa shape index (κ2) is 8.51. The van der Waals surface area contributed by atoms with Gasteiger partial charge in [-0.3, -0.25) is 0 Å². The first-order valence-corrected chi connectivity index (χ1v) is 10.1. The fourth-order valence-corrected chi connectivity index (χ4v) is 4.19. The van der Waals surface area contributed by atoms with Gasteiger partial charge in [-0.05, 0) is 33.3 Å². The molecular formula is C23H30O7. The zero-order chi connectivity index (χ0) is 22.1. The minimum atomic E-state index is -1.19. The molecule has 2 aliphatic heterocycles. The summed E-state index contributed by atoms with van der Waals surface area (Å²) in [4.78, 5) is 11.6. The lowest BCUT2D eigenvalue weighted by Gasteiger charge is -2.38. The summed E-state index contributed by atoms with van der Waals surface area (Å²) in [6, 6.07) is 1.30. The molecule has 0 radical (unpaired) electrons. The molecule has 1 aromatic rings. The van der Waals surface area contributed by atoms with Crippen LogP contribution in [0.1, 0.15) is 38.5 Å². The van der Waals surface area contributed by atoms with Crippen LogP contribution in [0, 0.1) is 12.3 Å². The predicted molar refractivity (Wildman–Crippen MR) is 112 cm³/mol. The summed E-state index contributed by atoms with van der Waals surface area (Å²) in [5.74, 6) is 0.901. The van der Waals surface area contributed by atoms with Crippen LogP contribution < -0.4 is 10.4 Å². The van der Waals surface area contributed by atoms with E-state index in [2.05, 4.69) is 0 Å². The molecule has 2 saturated heterocycles. The van der Waals surface area contributed by atoms with E-state index >= 15 is 0 Å². The van der Waals surface area contributed by atoms with Gasteiger partial charge < -0.3 is 28.8 Å². The van der Waals surface area contributed by atoms with Crippen molar-refractivity contribution in [3.05, 3.63) is 58.2 Å². The zero-order valence-electron chi connectivity index (χ0n) is 18.0. The van der Waals surface area contributed by atoms with Crippen molar-refractivity contribution < 1.29 is 28.8 Å². The van der Waals surface area contributed by atoms with Gasteiger partial charge in [0.15, 0.2) is 6.29 Å². The van der Waals surface area contributed by atoms with Gasteiger partial charge in [0.2, 0.25) is 0 Å². The van der Waals surface area contributed by atoms with Crippen molar-refractivity contribution in [2.45, 2.75) is 64.3 Å². The summed E-state index contributed by atoms with van der Waals surface area (Å²) in [5.41, 5.74) is -1.84. The number of aliphatic hydroxyl groups is 2. The Morgan fingerprint density at radius 3 is 2.53 bits per heavy atom. The maximum atomic E-state index is 11.6. The third-order valence-corrected chi connectivity index (χ3v) is 6.37. The lowest BCUT2D eigenvalue weighted by molar-refractivity contribution is -0.144. The van der Waals surface area contributed by atoms with E-state index < -0.39 is 35.1 Å². The molecule has 164 valence electrons. The molecule has 6 atom stereocenters. The number of methoxy groups -OCH3 is 1. The van der Waals surface area contributed by atoms with Gasteiger partial charge >= 0.3 is 5.63 Å². The smallest absolute Gasteiger partial charge is 0.339 e. The first kappa shape index (κ1) is 22.5. The minimum Gasteiger partial charge on any atom is -0.496 e. The SMILES string of the molecule is CCC1OC2OC(C=CC=CC=Cc3oc(=O)cc(OC)c3C)C(O)C2(C)C1(C)O. The Balaban J connectivity index is 1.65. The number of aliphatic hydroxyl groups excluding tert-OH is 1. The summed E-state index contributed by atoms with van der Waals surface area (Å²) < 4.78 is 22.0. The summed E-state index contributed by atoms with van der Waals surface area (Å²) in [7, 11) is 1.50. The Kier molecular flexibility index (Phi) is 6.38. The van der Waals surface area contributed by atoms with Crippen LogP contribution in [0.25, 0.3) is 6.08 Å². The van der Waals surface area contributed by atoms with Crippen LogP contribution in [-0.2, 0) is 9.47 Å². The van der Waals surface area contributed by atoms with Crippen LogP contribution in [0.2, 0.25) is 0 Å². The Morgan fingerprint density at radius 2 is 1.90 bits per heavy atom. The molecule has 7 heteroatoms. The summed E-state index contributed by atoms with van der Waals surface area (Å²) in [6.07, 6.45) is 8.53. The Morgan fingerprint density at radius 1 is 1.20 bits per heavy atom. The van der Waals surface area contributed by atoms with E-state index in [1.54, 1.807) is 57.2 Å². The van der Waals surface area contributed by atoms with E-state index in [1.165, 1.54) is 13.2 Å². The molecule has 30 heavy (non-hydrogen) atoms. The molecule has 0 bridgehead atoms. The number of allylic oxidation sites excluding steroid dienone is 4. The first-order valence-electron chi connectivity index (χ1n) is 10.1. The molecule has 2 N–H and O–H groups in total. The van der Waals surface area contributed by atoms with Crippen LogP contribution in [0.4, 0.5) is 0 Å². The fraction of sp³-hybridized carbons (Fsp3) is 0.522. The monoisotopic (exact) mass is 418 g/mol. The van der Waals surface area contributed by atoms with Gasteiger partial charge in [-0.25, -0.2) is 4.79 Å². The lowest BCUT2D eigenvalue weighted by atomic mass is 9.69. The summed E-state index contributed by atoms with van der Waals surface area (Å²) in [5, 5.41) is 21.8. The molecule has 3 rings (SSSR count). The Hall–Kier alpha value is -2.19. The van der Waals surface area contributed by atoms with Crippen molar-refractivity contribution in [3.63, 3.8) is 0 Å². The summed E-state index contributed by atoms with van der Waals surface area (Å²) in [6.45, 7) is 7.24. The highest BCUT2D eigenvalue weighted by Gasteiger charge is 2.69. The molecule has 0 amide bonds. The Labute approximate surface area is 176 Å². The summed E-state index contributed by atoms with van der Waals surface area (Å²) >= 11 is 0. The van der Waals surface area contributed by atoms with Crippen molar-refractivity contribution in [1.82, 2.24) is 0 Å². The predicted octanol–water partition coefficient (Wildman–Crippen LogP) is 2.73. The van der Waals surface area contributed by atoms with Crippen LogP contribution in [-0.4, -0.2) is 47.5 Å². The van der Waals surface area contributed by atoms with E-state index in [4.69, 9.17) is 18.6 Å². The number of hydrogen-bond donors (Lipinski definition) is 2. The topological polar surface area (TPSA) is 98.4 Å². The second-order valence-electron chi connectivity index (χ2n) is 8.09. The van der Waals surface area contributed by atoms with E-state index in [9.17, 15) is 15.0 Å². The molecule has 3 heterocycles. The third kappa shape index (κ3) is 3.67. The van der Waals surface area contributed by atoms with Gasteiger partial charge in [0.05, 0.1) is 30.8 Å². The van der Waals surface area contributed by atoms with Gasteiger partial charge in [0.25, 0.3) is 0 Å². The van der Waals surface area contributed by atoms with Crippen molar-refractivity contribution in [2.75, 3.05) is 7.11 Å². The van der Waals surface area contributed by atoms with E-state index in [-0.39, 0.29) is 6.10 Å². The largest absolute Gasteiger partial charge is 0.496 e. The van der Waals surface area contributed by atoms with Crippen molar-refractivity contribution in [3.8, 4) is 5.75 Å². The quantitative estimate of drug-likeness (QED) is 0.686. The maximum absolute atomic E-state index is 11.6. The standard InChI is InChI=1S/C23H30O7/c1-6-18-23(4,26)22(3)20(25)16(29-21(22)30-18)12-10-8-7-9-11-15-14(2)17(27-5)13-19(24)28-15/h7-13,16,18,20-21,25-26H,6H2,1-5H3. The van der Waals surface area contributed by atoms with Gasteiger partial charge in [-0.15, -0.1) is 0 Å². The Bertz CT molecular complexity index is 911. The van der Waals surface area contributed by atoms with Gasteiger partial charge in [0.1, 0.15) is 23.2 Å². The third-order valence-electron chi connectivity index (χ3n) is 6.37. The first-order chi connectivity index (χ1) is 14.2. The van der Waals surface area contributed by atoms with E-state index in [0.29, 0.717) is 17.9 Å². The normalized spacial score (nSPS) is 36.4. The number of fused-ring (bicyclic) bond motifs is 1. The number of hydrogen-bond acceptors (Lipinski definition) is 7. The average Bonchev–Trinajstić information content (AvgIpc) is 3.07. The highest BCUT2D eigenvalue weighted by atomic mass is 16.7. The maximum Gasteiger partial charge on any atom is 0.339 e. The van der Waals surface area contributed by atoms with Crippen LogP contribution in [0.3, 0.4) is 0 Å². The van der Waals surface area contributed by atoms with Gasteiger partial charge in [0, 0.05) is 5.56 Å². The fourth-order valence-electron chi connectivity index (χ4n) is 4.19. The molecule has 2 aliphatic rings. The second-order valence-corrected chi connectivity index (χ2v) is 8.09. The molecule has 0 aromatic carbocycles. The molecule has 0 saturated carbocycles. The molecule has 2 fully saturated rings. The van der Waals surface area contributed by atoms with Gasteiger partial charge in [-0.2, -0.15) is 0 Å². The zero-order valence-corrected chi connectivity index (χ0v) is 18.0. The van der Waals surface area contributed by atoms with E-state index in [0.717, 1.165) is 5.56 Å². The van der Waals surface area contributed by atoms with E-state index in [1.807, 2.05) is 6.92 Å². The van der Waals surface area contributed by atoms with Crippen molar-refractivity contribution in [1.29, 1.82) is 0 Å². The molecule has 6 unspecified atom stereocenters. The molecular weight excluding hydrogens is 388 g/mol. The van der Waals surface area contributed by atoms with Crippen LogP contribution in [0.5, 0.6) is 5.75 Å².